The highest BCUT2D eigenvalue weighted by Gasteiger charge is 2.26. The van der Waals surface area contributed by atoms with E-state index >= 15 is 0 Å². The van der Waals surface area contributed by atoms with Crippen LogP contribution in [0.1, 0.15) is 41.5 Å². The Kier molecular flexibility index (Phi) is 8.96. The number of rotatable bonds is 9. The van der Waals surface area contributed by atoms with Crippen LogP contribution in [0.5, 0.6) is 0 Å². The molecule has 2 aromatic carbocycles. The lowest BCUT2D eigenvalue weighted by Gasteiger charge is -2.22. The van der Waals surface area contributed by atoms with Crippen LogP contribution in [0.25, 0.3) is 21.0 Å². The molecule has 0 fully saturated rings. The van der Waals surface area contributed by atoms with Gasteiger partial charge in [0.1, 0.15) is 5.01 Å². The van der Waals surface area contributed by atoms with E-state index < -0.39 is 27.8 Å². The third kappa shape index (κ3) is 8.26. The van der Waals surface area contributed by atoms with E-state index in [2.05, 4.69) is 20.3 Å². The second kappa shape index (κ2) is 11.6. The first kappa shape index (κ1) is 28.6. The number of sulfonamides is 1. The fraction of sp³-hybridized carbons (Fsp3) is 0.385. The molecule has 0 aliphatic heterocycles. The van der Waals surface area contributed by atoms with E-state index in [9.17, 15) is 18.3 Å². The quantitative estimate of drug-likeness (QED) is 0.286. The topological polar surface area (TPSA) is 130 Å². The molecule has 0 aliphatic rings. The molecule has 1 heterocycles. The molecule has 1 aromatic heterocycles. The van der Waals surface area contributed by atoms with Gasteiger partial charge in [0.25, 0.3) is 0 Å². The summed E-state index contributed by atoms with van der Waals surface area (Å²) in [4.78, 5) is 17.1. The number of aliphatic hydroxyl groups is 1. The van der Waals surface area contributed by atoms with Crippen molar-refractivity contribution >= 4 is 38.8 Å². The van der Waals surface area contributed by atoms with Gasteiger partial charge in [-0.05, 0) is 77.9 Å². The second-order valence-electron chi connectivity index (χ2n) is 9.98. The van der Waals surface area contributed by atoms with Gasteiger partial charge in [-0.25, -0.2) is 22.9 Å². The van der Waals surface area contributed by atoms with Crippen LogP contribution >= 0.6 is 11.3 Å². The van der Waals surface area contributed by atoms with Gasteiger partial charge in [0.2, 0.25) is 10.0 Å². The number of hydrogen-bond acceptors (Lipinski definition) is 8. The van der Waals surface area contributed by atoms with Crippen molar-refractivity contribution in [3.8, 4) is 21.0 Å². The molecule has 0 saturated carbocycles. The van der Waals surface area contributed by atoms with Crippen LogP contribution in [-0.2, 0) is 14.8 Å². The van der Waals surface area contributed by atoms with Gasteiger partial charge in [-0.3, -0.25) is 5.32 Å². The fourth-order valence-corrected chi connectivity index (χ4v) is 6.06. The highest BCUT2D eigenvalue weighted by Crippen LogP contribution is 2.37. The first-order valence-electron chi connectivity index (χ1n) is 11.9. The number of carbonyl (C=O) groups excluding carboxylic acids is 1. The molecule has 0 bridgehead atoms. The third-order valence-electron chi connectivity index (χ3n) is 4.81. The van der Waals surface area contributed by atoms with E-state index in [-0.39, 0.29) is 17.5 Å². The van der Waals surface area contributed by atoms with E-state index in [4.69, 9.17) is 4.74 Å². The molecule has 4 N–H and O–H groups in total. The number of nitrogens with zero attached hydrogens (tertiary/aromatic N) is 1. The molecule has 1 atom stereocenters. The molecule has 11 heteroatoms. The number of nitrogens with one attached hydrogen (secondary N) is 3. The summed E-state index contributed by atoms with van der Waals surface area (Å²) in [7, 11) is -3.86. The zero-order valence-electron chi connectivity index (χ0n) is 21.8. The van der Waals surface area contributed by atoms with E-state index in [1.807, 2.05) is 12.1 Å². The van der Waals surface area contributed by atoms with Crippen molar-refractivity contribution in [1.29, 1.82) is 0 Å². The molecule has 1 amide bonds. The van der Waals surface area contributed by atoms with Crippen molar-refractivity contribution < 1.29 is 23.1 Å². The molecule has 37 heavy (non-hydrogen) atoms. The minimum atomic E-state index is -3.86. The predicted octanol–water partition coefficient (Wildman–Crippen LogP) is 5.30. The Labute approximate surface area is 222 Å². The summed E-state index contributed by atoms with van der Waals surface area (Å²) in [5.74, 6) is 0. The van der Waals surface area contributed by atoms with E-state index in [0.29, 0.717) is 26.8 Å². The zero-order valence-corrected chi connectivity index (χ0v) is 23.5. The summed E-state index contributed by atoms with van der Waals surface area (Å²) in [6.07, 6.45) is 0.325. The van der Waals surface area contributed by atoms with Gasteiger partial charge in [-0.2, -0.15) is 0 Å². The summed E-state index contributed by atoms with van der Waals surface area (Å²) in [6.45, 7) is 10.8. The number of benzene rings is 2. The molecule has 3 aromatic rings. The number of ether oxygens (including phenoxy) is 1. The normalized spacial score (nSPS) is 12.9. The standard InChI is InChI=1S/C26H34N4O5S2/c1-16(2)35-25(32)29-19-9-7-18(8-10-19)24-28-15-22(36-24)21-12-11-20(27-14-17(3)31)13-23(21)37(33,34)30-26(4,5)6/h7-13,15-17,27,30-31H,14H2,1-6H3,(H,29,32). The van der Waals surface area contributed by atoms with Gasteiger partial charge in [0, 0.05) is 40.8 Å². The van der Waals surface area contributed by atoms with Crippen molar-refractivity contribution in [2.45, 2.75) is 64.2 Å². The van der Waals surface area contributed by atoms with Crippen molar-refractivity contribution in [3.05, 3.63) is 48.7 Å². The Morgan fingerprint density at radius 1 is 1.08 bits per heavy atom. The maximum atomic E-state index is 13.4. The van der Waals surface area contributed by atoms with Crippen molar-refractivity contribution in [2.24, 2.45) is 0 Å². The Morgan fingerprint density at radius 3 is 2.32 bits per heavy atom. The summed E-state index contributed by atoms with van der Waals surface area (Å²) in [6, 6.07) is 12.3. The zero-order chi connectivity index (χ0) is 27.4. The summed E-state index contributed by atoms with van der Waals surface area (Å²) in [5.41, 5.74) is 1.86. The van der Waals surface area contributed by atoms with Gasteiger partial charge in [-0.15, -0.1) is 11.3 Å². The Bertz CT molecular complexity index is 1330. The van der Waals surface area contributed by atoms with Crippen molar-refractivity contribution in [1.82, 2.24) is 9.71 Å². The summed E-state index contributed by atoms with van der Waals surface area (Å²) < 4.78 is 34.5. The van der Waals surface area contributed by atoms with Crippen molar-refractivity contribution in [2.75, 3.05) is 17.2 Å². The lowest BCUT2D eigenvalue weighted by molar-refractivity contribution is 0.130. The number of hydrogen-bond donors (Lipinski definition) is 4. The number of amides is 1. The number of aliphatic hydroxyl groups excluding tert-OH is 1. The molecule has 1 unspecified atom stereocenters. The highest BCUT2D eigenvalue weighted by atomic mass is 32.2. The smallest absolute Gasteiger partial charge is 0.411 e. The average Bonchev–Trinajstić information content (AvgIpc) is 3.26. The minimum absolute atomic E-state index is 0.122. The summed E-state index contributed by atoms with van der Waals surface area (Å²) >= 11 is 1.36. The number of carbonyl (C=O) groups is 1. The first-order chi connectivity index (χ1) is 17.2. The van der Waals surface area contributed by atoms with Crippen LogP contribution in [0.15, 0.2) is 53.6 Å². The van der Waals surface area contributed by atoms with Crippen LogP contribution in [-0.4, -0.2) is 48.9 Å². The van der Waals surface area contributed by atoms with E-state index in [1.165, 1.54) is 11.3 Å². The second-order valence-corrected chi connectivity index (χ2v) is 12.7. The molecular formula is C26H34N4O5S2. The number of anilines is 2. The lowest BCUT2D eigenvalue weighted by Crippen LogP contribution is -2.40. The molecule has 9 nitrogen and oxygen atoms in total. The van der Waals surface area contributed by atoms with Crippen LogP contribution in [0.4, 0.5) is 16.2 Å². The first-order valence-corrected chi connectivity index (χ1v) is 14.2. The highest BCUT2D eigenvalue weighted by molar-refractivity contribution is 7.89. The molecule has 200 valence electrons. The van der Waals surface area contributed by atoms with E-state index in [0.717, 1.165) is 5.56 Å². The Balaban J connectivity index is 1.92. The predicted molar refractivity (Wildman–Crippen MR) is 148 cm³/mol. The van der Waals surface area contributed by atoms with Gasteiger partial charge in [-0.1, -0.05) is 6.07 Å². The minimum Gasteiger partial charge on any atom is -0.447 e. The maximum Gasteiger partial charge on any atom is 0.411 e. The van der Waals surface area contributed by atoms with Gasteiger partial charge < -0.3 is 15.2 Å². The molecule has 0 radical (unpaired) electrons. The van der Waals surface area contributed by atoms with Crippen LogP contribution in [0.2, 0.25) is 0 Å². The molecule has 3 rings (SSSR count). The summed E-state index contributed by atoms with van der Waals surface area (Å²) in [5, 5.41) is 16.1. The monoisotopic (exact) mass is 546 g/mol. The van der Waals surface area contributed by atoms with Crippen LogP contribution in [0.3, 0.4) is 0 Å². The van der Waals surface area contributed by atoms with E-state index in [1.54, 1.807) is 78.1 Å². The molecule has 0 spiro atoms. The largest absolute Gasteiger partial charge is 0.447 e. The third-order valence-corrected chi connectivity index (χ3v) is 7.68. The average molecular weight is 547 g/mol. The molecular weight excluding hydrogens is 512 g/mol. The molecule has 0 aliphatic carbocycles. The lowest BCUT2D eigenvalue weighted by atomic mass is 10.1. The molecule has 0 saturated heterocycles. The maximum absolute atomic E-state index is 13.4. The SMILES string of the molecule is CC(O)CNc1ccc(-c2cnc(-c3ccc(NC(=O)OC(C)C)cc3)s2)c(S(=O)(=O)NC(C)(C)C)c1. The number of thiazole rings is 1. The van der Waals surface area contributed by atoms with Crippen LogP contribution < -0.4 is 15.4 Å². The van der Waals surface area contributed by atoms with Gasteiger partial charge in [0.05, 0.1) is 22.0 Å². The Hall–Kier alpha value is -2.99. The fourth-order valence-electron chi connectivity index (χ4n) is 3.37. The Morgan fingerprint density at radius 2 is 1.73 bits per heavy atom. The van der Waals surface area contributed by atoms with Gasteiger partial charge >= 0.3 is 6.09 Å². The van der Waals surface area contributed by atoms with Crippen molar-refractivity contribution in [3.63, 3.8) is 0 Å². The number of aromatic nitrogens is 1. The van der Waals surface area contributed by atoms with Crippen LogP contribution in [0, 0.1) is 0 Å². The van der Waals surface area contributed by atoms with Gasteiger partial charge in [0.15, 0.2) is 0 Å².